The number of benzene rings is 3. The third-order valence-corrected chi connectivity index (χ3v) is 5.76. The molecule has 0 saturated carbocycles. The van der Waals surface area contributed by atoms with Gasteiger partial charge in [-0.1, -0.05) is 30.4 Å². The van der Waals surface area contributed by atoms with E-state index in [9.17, 15) is 4.79 Å². The van der Waals surface area contributed by atoms with E-state index in [0.29, 0.717) is 28.6 Å². The van der Waals surface area contributed by atoms with Gasteiger partial charge in [-0.05, 0) is 60.0 Å². The Hall–Kier alpha value is -4.32. The minimum Gasteiger partial charge on any atom is -0.493 e. The molecule has 0 atom stereocenters. The number of aromatic nitrogens is 1. The van der Waals surface area contributed by atoms with E-state index in [2.05, 4.69) is 10.3 Å². The fraction of sp³-hybridized carbons (Fsp3) is 0.143. The fourth-order valence-electron chi connectivity index (χ4n) is 4.01. The van der Waals surface area contributed by atoms with Crippen LogP contribution in [0.1, 0.15) is 12.8 Å². The van der Waals surface area contributed by atoms with Crippen LogP contribution in [0.2, 0.25) is 0 Å². The highest BCUT2D eigenvalue weighted by molar-refractivity contribution is 6.06. The van der Waals surface area contributed by atoms with Crippen LogP contribution in [-0.4, -0.2) is 25.1 Å². The van der Waals surface area contributed by atoms with Crippen molar-refractivity contribution in [1.29, 1.82) is 0 Å². The summed E-state index contributed by atoms with van der Waals surface area (Å²) in [4.78, 5) is 16.9. The van der Waals surface area contributed by atoms with Crippen molar-refractivity contribution in [3.8, 4) is 23.0 Å². The number of carbonyl (C=O) groups excluding carboxylic acids is 1. The summed E-state index contributed by atoms with van der Waals surface area (Å²) in [5.41, 5.74) is 2.21. The van der Waals surface area contributed by atoms with Crippen molar-refractivity contribution >= 4 is 33.3 Å². The van der Waals surface area contributed by atoms with Crippen molar-refractivity contribution in [3.05, 3.63) is 84.6 Å². The van der Waals surface area contributed by atoms with E-state index in [0.717, 1.165) is 40.2 Å². The summed E-state index contributed by atoms with van der Waals surface area (Å²) in [5.74, 6) is 2.50. The predicted octanol–water partition coefficient (Wildman–Crippen LogP) is 6.41. The van der Waals surface area contributed by atoms with Gasteiger partial charge in [0.15, 0.2) is 11.5 Å². The average Bonchev–Trinajstić information content (AvgIpc) is 2.88. The summed E-state index contributed by atoms with van der Waals surface area (Å²) in [6, 6.07) is 17.2. The van der Waals surface area contributed by atoms with Crippen molar-refractivity contribution in [2.75, 3.05) is 19.5 Å². The van der Waals surface area contributed by atoms with Gasteiger partial charge in [0.2, 0.25) is 0 Å². The van der Waals surface area contributed by atoms with Crippen molar-refractivity contribution in [1.82, 2.24) is 4.98 Å². The first kappa shape index (κ1) is 21.5. The van der Waals surface area contributed by atoms with Crippen molar-refractivity contribution in [2.24, 2.45) is 0 Å². The number of hydrogen-bond acceptors (Lipinski definition) is 5. The van der Waals surface area contributed by atoms with E-state index in [1.807, 2.05) is 72.8 Å². The molecule has 0 bridgehead atoms. The molecule has 3 aromatic carbocycles. The lowest BCUT2D eigenvalue weighted by atomic mass is 10.1. The summed E-state index contributed by atoms with van der Waals surface area (Å²) in [6.45, 7) is 0. The standard InChI is InChI=1S/C28H24N2O4/c1-32-26-16-23-24(17-27(26)33-2)29-13-12-25(23)34-22-11-9-19-14-21(10-8-20(19)15-22)30-28(31)18-6-4-3-5-7-18/h4,6-17H,3,5H2,1-2H3,(H,30,31). The number of allylic oxidation sites excluding steroid dienone is 2. The molecule has 1 aliphatic carbocycles. The van der Waals surface area contributed by atoms with E-state index in [1.54, 1.807) is 20.4 Å². The third kappa shape index (κ3) is 4.30. The van der Waals surface area contributed by atoms with Crippen molar-refractivity contribution < 1.29 is 19.0 Å². The molecule has 0 unspecified atom stereocenters. The molecule has 1 N–H and O–H groups in total. The first-order valence-electron chi connectivity index (χ1n) is 11.0. The summed E-state index contributed by atoms with van der Waals surface area (Å²) in [6.07, 6.45) is 9.44. The zero-order valence-electron chi connectivity index (χ0n) is 19.0. The molecule has 1 amide bonds. The minimum atomic E-state index is -0.0909. The van der Waals surface area contributed by atoms with Gasteiger partial charge >= 0.3 is 0 Å². The Morgan fingerprint density at radius 2 is 1.68 bits per heavy atom. The summed E-state index contributed by atoms with van der Waals surface area (Å²) in [7, 11) is 3.20. The highest BCUT2D eigenvalue weighted by Gasteiger charge is 2.12. The van der Waals surface area contributed by atoms with Crippen LogP contribution in [0.3, 0.4) is 0 Å². The average molecular weight is 453 g/mol. The third-order valence-electron chi connectivity index (χ3n) is 5.76. The van der Waals surface area contributed by atoms with Gasteiger partial charge in [0.05, 0.1) is 19.7 Å². The van der Waals surface area contributed by atoms with Crippen LogP contribution in [0.5, 0.6) is 23.0 Å². The summed E-state index contributed by atoms with van der Waals surface area (Å²) < 4.78 is 17.0. The number of nitrogens with zero attached hydrogens (tertiary/aromatic N) is 1. The minimum absolute atomic E-state index is 0.0909. The first-order chi connectivity index (χ1) is 16.6. The smallest absolute Gasteiger partial charge is 0.255 e. The number of hydrogen-bond donors (Lipinski definition) is 1. The molecule has 1 aliphatic rings. The van der Waals surface area contributed by atoms with E-state index in [1.165, 1.54) is 0 Å². The molecule has 0 aliphatic heterocycles. The topological polar surface area (TPSA) is 69.7 Å². The number of nitrogens with one attached hydrogen (secondary N) is 1. The molecular formula is C28H24N2O4. The molecule has 5 rings (SSSR count). The Bertz CT molecular complexity index is 1460. The number of pyridine rings is 1. The molecule has 34 heavy (non-hydrogen) atoms. The largest absolute Gasteiger partial charge is 0.493 e. The number of methoxy groups -OCH3 is 2. The highest BCUT2D eigenvalue weighted by Crippen LogP contribution is 2.37. The van der Waals surface area contributed by atoms with E-state index in [4.69, 9.17) is 14.2 Å². The Kier molecular flexibility index (Phi) is 5.87. The van der Waals surface area contributed by atoms with E-state index in [-0.39, 0.29) is 5.91 Å². The normalized spacial score (nSPS) is 12.9. The molecule has 1 aromatic heterocycles. The second-order valence-corrected chi connectivity index (χ2v) is 7.95. The SMILES string of the molecule is COc1cc2nccc(Oc3ccc4cc(NC(=O)C5=CCCC=C5)ccc4c3)c2cc1OC. The van der Waals surface area contributed by atoms with Crippen molar-refractivity contribution in [3.63, 3.8) is 0 Å². The van der Waals surface area contributed by atoms with Crippen LogP contribution in [-0.2, 0) is 4.79 Å². The Balaban J connectivity index is 1.40. The number of carbonyl (C=O) groups is 1. The molecule has 1 heterocycles. The number of rotatable bonds is 6. The second kappa shape index (κ2) is 9.27. The predicted molar refractivity (Wildman–Crippen MR) is 134 cm³/mol. The molecule has 0 radical (unpaired) electrons. The Morgan fingerprint density at radius 3 is 2.47 bits per heavy atom. The van der Waals surface area contributed by atoms with Crippen LogP contribution in [0.25, 0.3) is 21.7 Å². The Morgan fingerprint density at radius 1 is 0.882 bits per heavy atom. The summed E-state index contributed by atoms with van der Waals surface area (Å²) >= 11 is 0. The summed E-state index contributed by atoms with van der Waals surface area (Å²) in [5, 5.41) is 5.81. The van der Waals surface area contributed by atoms with Gasteiger partial charge in [0.1, 0.15) is 11.5 Å². The lowest BCUT2D eigenvalue weighted by Crippen LogP contribution is -2.14. The molecule has 6 nitrogen and oxygen atoms in total. The zero-order chi connectivity index (χ0) is 23.5. The highest BCUT2D eigenvalue weighted by atomic mass is 16.5. The molecule has 0 saturated heterocycles. The molecule has 0 spiro atoms. The van der Waals surface area contributed by atoms with Gasteiger partial charge in [0.25, 0.3) is 5.91 Å². The molecule has 0 fully saturated rings. The van der Waals surface area contributed by atoms with Gasteiger partial charge < -0.3 is 19.5 Å². The monoisotopic (exact) mass is 452 g/mol. The number of ether oxygens (including phenoxy) is 3. The van der Waals surface area contributed by atoms with E-state index < -0.39 is 0 Å². The fourth-order valence-corrected chi connectivity index (χ4v) is 4.01. The first-order valence-corrected chi connectivity index (χ1v) is 11.0. The van der Waals surface area contributed by atoms with Crippen LogP contribution in [0.15, 0.2) is 84.6 Å². The molecule has 170 valence electrons. The lowest BCUT2D eigenvalue weighted by Gasteiger charge is -2.13. The maximum absolute atomic E-state index is 12.5. The van der Waals surface area contributed by atoms with Crippen LogP contribution < -0.4 is 19.5 Å². The van der Waals surface area contributed by atoms with Crippen LogP contribution in [0, 0.1) is 0 Å². The number of anilines is 1. The van der Waals surface area contributed by atoms with Crippen LogP contribution in [0.4, 0.5) is 5.69 Å². The van der Waals surface area contributed by atoms with Gasteiger partial charge in [0, 0.05) is 28.9 Å². The quantitative estimate of drug-likeness (QED) is 0.366. The molecule has 4 aromatic rings. The number of amides is 1. The van der Waals surface area contributed by atoms with Gasteiger partial charge in [-0.15, -0.1) is 0 Å². The number of fused-ring (bicyclic) bond motifs is 2. The maximum Gasteiger partial charge on any atom is 0.255 e. The lowest BCUT2D eigenvalue weighted by molar-refractivity contribution is -0.112. The van der Waals surface area contributed by atoms with Gasteiger partial charge in [-0.2, -0.15) is 0 Å². The van der Waals surface area contributed by atoms with Crippen molar-refractivity contribution in [2.45, 2.75) is 12.8 Å². The zero-order valence-corrected chi connectivity index (χ0v) is 19.0. The van der Waals surface area contributed by atoms with E-state index >= 15 is 0 Å². The maximum atomic E-state index is 12.5. The second-order valence-electron chi connectivity index (χ2n) is 7.95. The molecular weight excluding hydrogens is 428 g/mol. The van der Waals surface area contributed by atoms with Crippen LogP contribution >= 0.6 is 0 Å². The van der Waals surface area contributed by atoms with Gasteiger partial charge in [-0.25, -0.2) is 0 Å². The molecule has 6 heteroatoms. The Labute approximate surface area is 197 Å². The van der Waals surface area contributed by atoms with Gasteiger partial charge in [-0.3, -0.25) is 9.78 Å².